The molecule has 0 amide bonds. The van der Waals surface area contributed by atoms with Crippen molar-refractivity contribution < 1.29 is 18.1 Å². The van der Waals surface area contributed by atoms with Gasteiger partial charge in [0.1, 0.15) is 0 Å². The highest BCUT2D eigenvalue weighted by atomic mass is 35.5. The van der Waals surface area contributed by atoms with Crippen molar-refractivity contribution in [3.8, 4) is 0 Å². The van der Waals surface area contributed by atoms with Crippen molar-refractivity contribution in [2.75, 3.05) is 0 Å². The maximum atomic E-state index is 12.3. The molecule has 1 aliphatic carbocycles. The number of halogens is 4. The average Bonchev–Trinajstić information content (AvgIpc) is 2.02. The first-order chi connectivity index (χ1) is 6.28. The summed E-state index contributed by atoms with van der Waals surface area (Å²) in [5, 5.41) is 10.4. The summed E-state index contributed by atoms with van der Waals surface area (Å²) in [6.45, 7) is 0. The SMILES string of the molecule is O=[N+]([O-])C1(Cl)C=CC=CC1C(F)(F)F. The highest BCUT2D eigenvalue weighted by Gasteiger charge is 2.59. The van der Waals surface area contributed by atoms with Crippen molar-refractivity contribution >= 4 is 11.6 Å². The van der Waals surface area contributed by atoms with E-state index in [2.05, 4.69) is 0 Å². The van der Waals surface area contributed by atoms with Crippen LogP contribution < -0.4 is 0 Å². The second kappa shape index (κ2) is 3.27. The van der Waals surface area contributed by atoms with Gasteiger partial charge in [-0.25, -0.2) is 0 Å². The van der Waals surface area contributed by atoms with Gasteiger partial charge in [-0.15, -0.1) is 0 Å². The number of nitro groups is 1. The summed E-state index contributed by atoms with van der Waals surface area (Å²) in [5.74, 6) is -2.29. The van der Waals surface area contributed by atoms with Gasteiger partial charge in [0.05, 0.1) is 0 Å². The first-order valence-electron chi connectivity index (χ1n) is 3.54. The molecule has 0 fully saturated rings. The second-order valence-electron chi connectivity index (χ2n) is 2.75. The Morgan fingerprint density at radius 1 is 1.43 bits per heavy atom. The van der Waals surface area contributed by atoms with Gasteiger partial charge in [-0.1, -0.05) is 18.2 Å². The minimum absolute atomic E-state index is 0.676. The van der Waals surface area contributed by atoms with Gasteiger partial charge in [-0.3, -0.25) is 10.1 Å². The molecule has 0 bridgehead atoms. The van der Waals surface area contributed by atoms with Gasteiger partial charge in [-0.05, 0) is 11.6 Å². The van der Waals surface area contributed by atoms with Gasteiger partial charge in [-0.2, -0.15) is 13.2 Å². The second-order valence-corrected chi connectivity index (χ2v) is 3.35. The van der Waals surface area contributed by atoms with E-state index in [1.54, 1.807) is 0 Å². The lowest BCUT2D eigenvalue weighted by Gasteiger charge is -2.26. The third kappa shape index (κ3) is 1.75. The zero-order valence-electron chi connectivity index (χ0n) is 6.66. The van der Waals surface area contributed by atoms with Gasteiger partial charge in [0.25, 0.3) is 0 Å². The maximum absolute atomic E-state index is 12.3. The van der Waals surface area contributed by atoms with E-state index in [9.17, 15) is 23.3 Å². The van der Waals surface area contributed by atoms with Crippen LogP contribution in [-0.2, 0) is 0 Å². The predicted molar refractivity (Wildman–Crippen MR) is 43.4 cm³/mol. The van der Waals surface area contributed by atoms with E-state index >= 15 is 0 Å². The van der Waals surface area contributed by atoms with Crippen molar-refractivity contribution in [2.45, 2.75) is 11.2 Å². The molecule has 1 rings (SSSR count). The van der Waals surface area contributed by atoms with Gasteiger partial charge >= 0.3 is 11.2 Å². The first kappa shape index (κ1) is 11.0. The molecule has 0 aromatic rings. The molecule has 3 nitrogen and oxygen atoms in total. The Kier molecular flexibility index (Phi) is 2.58. The van der Waals surface area contributed by atoms with Crippen LogP contribution in [0.15, 0.2) is 24.3 Å². The maximum Gasteiger partial charge on any atom is 0.403 e. The van der Waals surface area contributed by atoms with E-state index in [-0.39, 0.29) is 0 Å². The number of allylic oxidation sites excluding steroid dienone is 2. The Morgan fingerprint density at radius 2 is 2.00 bits per heavy atom. The summed E-state index contributed by atoms with van der Waals surface area (Å²) < 4.78 is 37.0. The van der Waals surface area contributed by atoms with E-state index in [0.29, 0.717) is 6.08 Å². The van der Waals surface area contributed by atoms with Crippen molar-refractivity contribution in [1.29, 1.82) is 0 Å². The monoisotopic (exact) mass is 227 g/mol. The number of rotatable bonds is 1. The molecule has 0 saturated heterocycles. The Labute approximate surface area is 82.0 Å². The van der Waals surface area contributed by atoms with Crippen molar-refractivity contribution in [3.05, 3.63) is 34.4 Å². The molecule has 2 atom stereocenters. The molecule has 14 heavy (non-hydrogen) atoms. The van der Waals surface area contributed by atoms with Crippen molar-refractivity contribution in [1.82, 2.24) is 0 Å². The molecule has 2 unspecified atom stereocenters. The summed E-state index contributed by atoms with van der Waals surface area (Å²) in [4.78, 5) is 6.66. The minimum Gasteiger partial charge on any atom is -0.262 e. The minimum atomic E-state index is -4.73. The smallest absolute Gasteiger partial charge is 0.262 e. The first-order valence-corrected chi connectivity index (χ1v) is 3.92. The molecule has 0 radical (unpaired) electrons. The van der Waals surface area contributed by atoms with Crippen LogP contribution in [0.2, 0.25) is 0 Å². The average molecular weight is 228 g/mol. The summed E-state index contributed by atoms with van der Waals surface area (Å²) >= 11 is 5.30. The highest BCUT2D eigenvalue weighted by molar-refractivity contribution is 6.24. The molecule has 0 N–H and O–H groups in total. The summed E-state index contributed by atoms with van der Waals surface area (Å²) in [6.07, 6.45) is -1.11. The van der Waals surface area contributed by atoms with Crippen LogP contribution in [0.5, 0.6) is 0 Å². The molecule has 1 aliphatic rings. The van der Waals surface area contributed by atoms with Crippen LogP contribution in [-0.4, -0.2) is 16.1 Å². The Balaban J connectivity index is 3.11. The predicted octanol–water partition coefficient (Wildman–Crippen LogP) is 2.50. The van der Waals surface area contributed by atoms with Gasteiger partial charge in [0.2, 0.25) is 0 Å². The molecular formula is C7H5ClF3NO2. The lowest BCUT2D eigenvalue weighted by Crippen LogP contribution is -2.45. The van der Waals surface area contributed by atoms with E-state index in [0.717, 1.165) is 18.2 Å². The van der Waals surface area contributed by atoms with Crippen molar-refractivity contribution in [2.24, 2.45) is 5.92 Å². The van der Waals surface area contributed by atoms with E-state index in [4.69, 9.17) is 11.6 Å². The third-order valence-corrected chi connectivity index (χ3v) is 2.31. The normalized spacial score (nSPS) is 31.9. The fourth-order valence-electron chi connectivity index (χ4n) is 1.12. The van der Waals surface area contributed by atoms with Crippen LogP contribution in [0.4, 0.5) is 13.2 Å². The van der Waals surface area contributed by atoms with Crippen LogP contribution in [0.25, 0.3) is 0 Å². The van der Waals surface area contributed by atoms with Gasteiger partial charge in [0, 0.05) is 11.0 Å². The fourth-order valence-corrected chi connectivity index (χ4v) is 1.39. The quantitative estimate of drug-likeness (QED) is 0.299. The zero-order valence-corrected chi connectivity index (χ0v) is 7.42. The zero-order chi connectivity index (χ0) is 11.0. The molecule has 7 heteroatoms. The molecule has 0 saturated carbocycles. The molecular weight excluding hydrogens is 223 g/mol. The molecule has 0 aromatic carbocycles. The molecule has 0 aromatic heterocycles. The van der Waals surface area contributed by atoms with Gasteiger partial charge in [0.15, 0.2) is 5.92 Å². The Hall–Kier alpha value is -1.04. The number of nitrogens with zero attached hydrogens (tertiary/aromatic N) is 1. The highest BCUT2D eigenvalue weighted by Crippen LogP contribution is 2.42. The van der Waals surface area contributed by atoms with Crippen LogP contribution in [0, 0.1) is 16.0 Å². The molecule has 0 spiro atoms. The number of alkyl halides is 4. The lowest BCUT2D eigenvalue weighted by molar-refractivity contribution is -0.544. The third-order valence-electron chi connectivity index (χ3n) is 1.81. The summed E-state index contributed by atoms with van der Waals surface area (Å²) in [5.41, 5.74) is 0. The summed E-state index contributed by atoms with van der Waals surface area (Å²) in [7, 11) is 0. The Morgan fingerprint density at radius 3 is 2.36 bits per heavy atom. The molecule has 0 heterocycles. The van der Waals surface area contributed by atoms with Gasteiger partial charge < -0.3 is 0 Å². The van der Waals surface area contributed by atoms with Crippen LogP contribution in [0.1, 0.15) is 0 Å². The topological polar surface area (TPSA) is 43.1 Å². The van der Waals surface area contributed by atoms with E-state index in [1.807, 2.05) is 0 Å². The number of hydrogen-bond donors (Lipinski definition) is 0. The number of hydrogen-bond acceptors (Lipinski definition) is 2. The lowest BCUT2D eigenvalue weighted by atomic mass is 9.94. The van der Waals surface area contributed by atoms with E-state index in [1.165, 1.54) is 0 Å². The fraction of sp³-hybridized carbons (Fsp3) is 0.429. The molecule has 78 valence electrons. The largest absolute Gasteiger partial charge is 0.403 e. The van der Waals surface area contributed by atoms with Crippen LogP contribution in [0.3, 0.4) is 0 Å². The van der Waals surface area contributed by atoms with Crippen LogP contribution >= 0.6 is 11.6 Å². The Bertz CT molecular complexity index is 313. The van der Waals surface area contributed by atoms with E-state index < -0.39 is 22.0 Å². The summed E-state index contributed by atoms with van der Waals surface area (Å²) in [6, 6.07) is 0. The van der Waals surface area contributed by atoms with Crippen molar-refractivity contribution in [3.63, 3.8) is 0 Å². The standard InChI is InChI=1S/C7H5ClF3NO2/c8-6(12(13)14)4-2-1-3-5(6)7(9,10)11/h1-5H. The molecule has 0 aliphatic heterocycles.